The van der Waals surface area contributed by atoms with E-state index in [0.29, 0.717) is 18.7 Å². The molecule has 0 bridgehead atoms. The minimum atomic E-state index is -0.767. The lowest BCUT2D eigenvalue weighted by molar-refractivity contribution is -0.385. The number of nitrogens with zero attached hydrogens (tertiary/aromatic N) is 1. The first-order valence-corrected chi connectivity index (χ1v) is 7.99. The first-order chi connectivity index (χ1) is 9.00. The predicted molar refractivity (Wildman–Crippen MR) is 77.8 cm³/mol. The van der Waals surface area contributed by atoms with Crippen LogP contribution in [0.15, 0.2) is 24.3 Å². The third-order valence-electron chi connectivity index (χ3n) is 2.91. The number of hydrogen-bond acceptors (Lipinski definition) is 4. The molecule has 1 aromatic carbocycles. The van der Waals surface area contributed by atoms with Gasteiger partial charge in [0.25, 0.3) is 5.69 Å². The van der Waals surface area contributed by atoms with Crippen LogP contribution in [0, 0.1) is 10.1 Å². The Morgan fingerprint density at radius 1 is 1.42 bits per heavy atom. The van der Waals surface area contributed by atoms with Crippen LogP contribution in [0.1, 0.15) is 18.9 Å². The molecule has 0 aliphatic rings. The van der Waals surface area contributed by atoms with Gasteiger partial charge in [-0.15, -0.1) is 0 Å². The van der Waals surface area contributed by atoms with E-state index < -0.39 is 10.8 Å². The Kier molecular flexibility index (Phi) is 6.66. The lowest BCUT2D eigenvalue weighted by Gasteiger charge is -2.12. The van der Waals surface area contributed by atoms with Crippen molar-refractivity contribution in [2.24, 2.45) is 0 Å². The first-order valence-electron chi connectivity index (χ1n) is 6.26. The topological polar surface area (TPSA) is 72.2 Å². The van der Waals surface area contributed by atoms with Crippen LogP contribution < -0.4 is 5.32 Å². The Hall–Kier alpha value is -1.27. The zero-order chi connectivity index (χ0) is 14.3. The summed E-state index contributed by atoms with van der Waals surface area (Å²) in [4.78, 5) is 10.5. The number of hydrogen-bond donors (Lipinski definition) is 1. The molecule has 6 heteroatoms. The summed E-state index contributed by atoms with van der Waals surface area (Å²) in [6.45, 7) is 2.72. The van der Waals surface area contributed by atoms with Gasteiger partial charge in [0.1, 0.15) is 0 Å². The van der Waals surface area contributed by atoms with Crippen LogP contribution >= 0.6 is 0 Å². The van der Waals surface area contributed by atoms with Crippen LogP contribution in [-0.2, 0) is 17.2 Å². The number of rotatable bonds is 8. The smallest absolute Gasteiger partial charge is 0.272 e. The lowest BCUT2D eigenvalue weighted by Crippen LogP contribution is -2.29. The molecule has 1 N–H and O–H groups in total. The third kappa shape index (κ3) is 5.94. The van der Waals surface area contributed by atoms with E-state index in [1.807, 2.05) is 13.0 Å². The van der Waals surface area contributed by atoms with Gasteiger partial charge >= 0.3 is 0 Å². The van der Waals surface area contributed by atoms with E-state index in [1.54, 1.807) is 18.4 Å². The maximum Gasteiger partial charge on any atom is 0.272 e. The summed E-state index contributed by atoms with van der Waals surface area (Å²) in [5, 5.41) is 14.1. The summed E-state index contributed by atoms with van der Waals surface area (Å²) < 4.78 is 11.0. The second-order valence-corrected chi connectivity index (χ2v) is 6.11. The predicted octanol–water partition coefficient (Wildman–Crippen LogP) is 1.88. The van der Waals surface area contributed by atoms with E-state index in [0.717, 1.165) is 12.0 Å². The van der Waals surface area contributed by atoms with E-state index in [1.165, 1.54) is 6.07 Å². The van der Waals surface area contributed by atoms with Gasteiger partial charge in [0, 0.05) is 40.5 Å². The molecule has 0 saturated carbocycles. The van der Waals surface area contributed by atoms with Gasteiger partial charge in [-0.3, -0.25) is 14.3 Å². The molecule has 1 aromatic rings. The number of nitro groups is 1. The van der Waals surface area contributed by atoms with Crippen molar-refractivity contribution in [2.45, 2.75) is 25.8 Å². The van der Waals surface area contributed by atoms with Gasteiger partial charge in [-0.2, -0.15) is 0 Å². The average molecular weight is 284 g/mol. The molecule has 5 nitrogen and oxygen atoms in total. The summed E-state index contributed by atoms with van der Waals surface area (Å²) >= 11 is 0. The molecule has 2 atom stereocenters. The molecule has 0 heterocycles. The molecule has 2 unspecified atom stereocenters. The van der Waals surface area contributed by atoms with Crippen LogP contribution in [0.5, 0.6) is 0 Å². The Bertz CT molecular complexity index is 451. The highest BCUT2D eigenvalue weighted by Gasteiger charge is 2.12. The van der Waals surface area contributed by atoms with Crippen molar-refractivity contribution in [2.75, 3.05) is 18.6 Å². The van der Waals surface area contributed by atoms with E-state index in [-0.39, 0.29) is 16.7 Å². The van der Waals surface area contributed by atoms with Gasteiger partial charge in [0.15, 0.2) is 0 Å². The fraction of sp³-hybridized carbons (Fsp3) is 0.538. The van der Waals surface area contributed by atoms with Crippen molar-refractivity contribution in [1.29, 1.82) is 0 Å². The highest BCUT2D eigenvalue weighted by atomic mass is 32.2. The van der Waals surface area contributed by atoms with Crippen LogP contribution in [0.3, 0.4) is 0 Å². The molecule has 0 aliphatic carbocycles. The molecule has 19 heavy (non-hydrogen) atoms. The van der Waals surface area contributed by atoms with Crippen LogP contribution in [0.4, 0.5) is 5.69 Å². The summed E-state index contributed by atoms with van der Waals surface area (Å²) in [5.41, 5.74) is 0.915. The maximum atomic E-state index is 11.0. The number of nitrogens with one attached hydrogen (secondary N) is 1. The highest BCUT2D eigenvalue weighted by molar-refractivity contribution is 7.84. The zero-order valence-corrected chi connectivity index (χ0v) is 12.1. The molecule has 106 valence electrons. The minimum absolute atomic E-state index is 0.173. The molecular formula is C13H20N2O3S. The quantitative estimate of drug-likeness (QED) is 0.584. The second kappa shape index (κ2) is 8.01. The maximum absolute atomic E-state index is 11.0. The molecule has 0 spiro atoms. The van der Waals surface area contributed by atoms with Crippen molar-refractivity contribution in [3.63, 3.8) is 0 Å². The molecule has 1 rings (SSSR count). The number of benzene rings is 1. The van der Waals surface area contributed by atoms with Gasteiger partial charge in [0.2, 0.25) is 0 Å². The largest absolute Gasteiger partial charge is 0.314 e. The van der Waals surface area contributed by atoms with Crippen LogP contribution in [0.2, 0.25) is 0 Å². The Morgan fingerprint density at radius 3 is 2.74 bits per heavy atom. The summed E-state index contributed by atoms with van der Waals surface area (Å²) in [7, 11) is -0.767. The normalized spacial score (nSPS) is 14.0. The van der Waals surface area contributed by atoms with E-state index in [9.17, 15) is 14.3 Å². The molecular weight excluding hydrogens is 264 g/mol. The standard InChI is InChI=1S/C13H20N2O3S/c1-11(8-10-19(2)18)14-9-7-12-5-3-4-6-13(12)15(16)17/h3-6,11,14H,7-10H2,1-2H3. The van der Waals surface area contributed by atoms with Crippen molar-refractivity contribution >= 4 is 16.5 Å². The molecule has 0 aliphatic heterocycles. The van der Waals surface area contributed by atoms with Gasteiger partial charge in [-0.1, -0.05) is 18.2 Å². The van der Waals surface area contributed by atoms with Crippen LogP contribution in [-0.4, -0.2) is 33.7 Å². The van der Waals surface area contributed by atoms with E-state index >= 15 is 0 Å². The van der Waals surface area contributed by atoms with Gasteiger partial charge < -0.3 is 5.32 Å². The van der Waals surface area contributed by atoms with Gasteiger partial charge in [-0.05, 0) is 26.3 Å². The Balaban J connectivity index is 2.41. The zero-order valence-electron chi connectivity index (χ0n) is 11.3. The Morgan fingerprint density at radius 2 is 2.11 bits per heavy atom. The van der Waals surface area contributed by atoms with Crippen LogP contribution in [0.25, 0.3) is 0 Å². The second-order valence-electron chi connectivity index (χ2n) is 4.56. The minimum Gasteiger partial charge on any atom is -0.314 e. The van der Waals surface area contributed by atoms with Gasteiger partial charge in [-0.25, -0.2) is 0 Å². The van der Waals surface area contributed by atoms with E-state index in [2.05, 4.69) is 5.32 Å². The van der Waals surface area contributed by atoms with E-state index in [4.69, 9.17) is 0 Å². The van der Waals surface area contributed by atoms with Crippen molar-refractivity contribution in [3.05, 3.63) is 39.9 Å². The first kappa shape index (κ1) is 15.8. The summed E-state index contributed by atoms with van der Waals surface area (Å²) in [6, 6.07) is 7.07. The third-order valence-corrected chi connectivity index (χ3v) is 3.72. The fourth-order valence-corrected chi connectivity index (χ4v) is 2.48. The molecule has 0 amide bonds. The molecule has 0 saturated heterocycles. The monoisotopic (exact) mass is 284 g/mol. The molecule has 0 fully saturated rings. The highest BCUT2D eigenvalue weighted by Crippen LogP contribution is 2.17. The van der Waals surface area contributed by atoms with Crippen molar-refractivity contribution < 1.29 is 9.13 Å². The summed E-state index contributed by atoms with van der Waals surface area (Å²) in [6.07, 6.45) is 3.16. The molecule has 0 radical (unpaired) electrons. The van der Waals surface area contributed by atoms with Crippen molar-refractivity contribution in [1.82, 2.24) is 5.32 Å². The van der Waals surface area contributed by atoms with Crippen molar-refractivity contribution in [3.8, 4) is 0 Å². The number of nitro benzene ring substituents is 1. The van der Waals surface area contributed by atoms with Gasteiger partial charge in [0.05, 0.1) is 4.92 Å². The average Bonchev–Trinajstić information content (AvgIpc) is 2.36. The molecule has 0 aromatic heterocycles. The summed E-state index contributed by atoms with van der Waals surface area (Å²) in [5.74, 6) is 0.680. The number of para-hydroxylation sites is 1. The fourth-order valence-electron chi connectivity index (χ4n) is 1.80. The SMILES string of the molecule is CC(CCS(C)=O)NCCc1ccccc1[N+](=O)[O-]. The lowest BCUT2D eigenvalue weighted by atomic mass is 10.1. The Labute approximate surface area is 116 Å².